The van der Waals surface area contributed by atoms with E-state index in [9.17, 15) is 4.79 Å². The highest BCUT2D eigenvalue weighted by Crippen LogP contribution is 2.37. The zero-order valence-electron chi connectivity index (χ0n) is 16.8. The van der Waals surface area contributed by atoms with Crippen LogP contribution in [0, 0.1) is 0 Å². The van der Waals surface area contributed by atoms with Crippen LogP contribution >= 0.6 is 0 Å². The predicted octanol–water partition coefficient (Wildman–Crippen LogP) is 3.82. The molecule has 8 nitrogen and oxygen atoms in total. The monoisotopic (exact) mass is 411 g/mol. The minimum Gasteiger partial charge on any atom is -0.493 e. The molecule has 2 heterocycles. The lowest BCUT2D eigenvalue weighted by Gasteiger charge is -2.14. The van der Waals surface area contributed by atoms with E-state index < -0.39 is 0 Å². The molecule has 0 aliphatic heterocycles. The SMILES string of the molecule is COc1cc2c(-c3nnn[nH]3)cnc(C(=O)c3cccc4ccccc34)c2cc1OC. The summed E-state index contributed by atoms with van der Waals surface area (Å²) in [5.74, 6) is 1.28. The van der Waals surface area contributed by atoms with E-state index in [-0.39, 0.29) is 5.78 Å². The number of ether oxygens (including phenoxy) is 2. The number of carbonyl (C=O) groups excluding carboxylic acids is 1. The Morgan fingerprint density at radius 1 is 0.903 bits per heavy atom. The molecule has 8 heteroatoms. The maximum Gasteiger partial charge on any atom is 0.212 e. The fourth-order valence-electron chi connectivity index (χ4n) is 3.76. The van der Waals surface area contributed by atoms with Gasteiger partial charge in [-0.3, -0.25) is 9.78 Å². The number of rotatable bonds is 5. The normalized spacial score (nSPS) is 11.0. The van der Waals surface area contributed by atoms with Crippen LogP contribution in [0.5, 0.6) is 11.5 Å². The molecule has 3 aromatic carbocycles. The third-order valence-electron chi connectivity index (χ3n) is 5.24. The van der Waals surface area contributed by atoms with Gasteiger partial charge in [0.05, 0.1) is 14.2 Å². The quantitative estimate of drug-likeness (QED) is 0.439. The second-order valence-corrected chi connectivity index (χ2v) is 6.88. The predicted molar refractivity (Wildman–Crippen MR) is 115 cm³/mol. The van der Waals surface area contributed by atoms with Gasteiger partial charge in [-0.25, -0.2) is 5.10 Å². The van der Waals surface area contributed by atoms with Crippen LogP contribution in [0.25, 0.3) is 32.9 Å². The number of methoxy groups -OCH3 is 2. The molecule has 0 bridgehead atoms. The topological polar surface area (TPSA) is 103 Å². The number of nitrogens with one attached hydrogen (secondary N) is 1. The highest BCUT2D eigenvalue weighted by atomic mass is 16.5. The maximum absolute atomic E-state index is 13.6. The largest absolute Gasteiger partial charge is 0.493 e. The van der Waals surface area contributed by atoms with Gasteiger partial charge in [0.1, 0.15) is 5.69 Å². The van der Waals surface area contributed by atoms with Crippen LogP contribution in [-0.2, 0) is 0 Å². The highest BCUT2D eigenvalue weighted by Gasteiger charge is 2.21. The average Bonchev–Trinajstić information content (AvgIpc) is 3.36. The number of H-pyrrole nitrogens is 1. The van der Waals surface area contributed by atoms with E-state index in [1.54, 1.807) is 32.5 Å². The first-order chi connectivity index (χ1) is 15.2. The van der Waals surface area contributed by atoms with Gasteiger partial charge in [0.15, 0.2) is 17.3 Å². The minimum atomic E-state index is -0.184. The van der Waals surface area contributed by atoms with Crippen molar-refractivity contribution in [2.24, 2.45) is 0 Å². The third kappa shape index (κ3) is 3.05. The Hall–Kier alpha value is -4.33. The Balaban J connectivity index is 1.79. The van der Waals surface area contributed by atoms with E-state index in [2.05, 4.69) is 25.6 Å². The summed E-state index contributed by atoms with van der Waals surface area (Å²) in [6, 6.07) is 17.0. The second kappa shape index (κ2) is 7.49. The summed E-state index contributed by atoms with van der Waals surface area (Å²) in [4.78, 5) is 18.2. The summed E-state index contributed by atoms with van der Waals surface area (Å²) in [6.45, 7) is 0. The lowest BCUT2D eigenvalue weighted by molar-refractivity contribution is 0.103. The molecule has 0 spiro atoms. The number of hydrogen-bond donors (Lipinski definition) is 1. The number of benzene rings is 3. The Morgan fingerprint density at radius 2 is 1.65 bits per heavy atom. The van der Waals surface area contributed by atoms with Crippen molar-refractivity contribution >= 4 is 27.3 Å². The number of hydrogen-bond acceptors (Lipinski definition) is 7. The number of ketones is 1. The van der Waals surface area contributed by atoms with Crippen molar-refractivity contribution in [1.82, 2.24) is 25.6 Å². The first kappa shape index (κ1) is 18.7. The van der Waals surface area contributed by atoms with Gasteiger partial charge in [0, 0.05) is 28.1 Å². The molecule has 0 amide bonds. The molecule has 0 unspecified atom stereocenters. The molecule has 5 rings (SSSR count). The van der Waals surface area contributed by atoms with Gasteiger partial charge in [-0.2, -0.15) is 0 Å². The van der Waals surface area contributed by atoms with Crippen molar-refractivity contribution in [3.63, 3.8) is 0 Å². The van der Waals surface area contributed by atoms with Crippen LogP contribution in [0.2, 0.25) is 0 Å². The van der Waals surface area contributed by atoms with Crippen molar-refractivity contribution < 1.29 is 14.3 Å². The number of aromatic nitrogens is 5. The number of nitrogens with zero attached hydrogens (tertiary/aromatic N) is 4. The van der Waals surface area contributed by atoms with Gasteiger partial charge in [0.25, 0.3) is 0 Å². The summed E-state index contributed by atoms with van der Waals surface area (Å²) in [5.41, 5.74) is 1.54. The van der Waals surface area contributed by atoms with Crippen molar-refractivity contribution in [3.8, 4) is 22.9 Å². The van der Waals surface area contributed by atoms with Crippen LogP contribution in [0.3, 0.4) is 0 Å². The standard InChI is InChI=1S/C23H17N5O3/c1-30-19-10-16-17(11-20(19)31-2)21(24-12-18(16)23-25-27-28-26-23)22(29)15-9-5-7-13-6-3-4-8-14(13)15/h3-12H,1-2H3,(H,25,26,27,28). The molecular weight excluding hydrogens is 394 g/mol. The number of carbonyl (C=O) groups is 1. The Labute approximate surface area is 176 Å². The van der Waals surface area contributed by atoms with Gasteiger partial charge >= 0.3 is 0 Å². The molecule has 2 aromatic heterocycles. The smallest absolute Gasteiger partial charge is 0.212 e. The Morgan fingerprint density at radius 3 is 2.39 bits per heavy atom. The number of aromatic amines is 1. The molecule has 0 saturated heterocycles. The lowest BCUT2D eigenvalue weighted by Crippen LogP contribution is -2.07. The Bertz CT molecular complexity index is 1430. The summed E-state index contributed by atoms with van der Waals surface area (Å²) in [7, 11) is 3.11. The van der Waals surface area contributed by atoms with Crippen LogP contribution in [0.15, 0.2) is 60.8 Å². The highest BCUT2D eigenvalue weighted by molar-refractivity contribution is 6.21. The van der Waals surface area contributed by atoms with Crippen molar-refractivity contribution in [2.45, 2.75) is 0 Å². The first-order valence-corrected chi connectivity index (χ1v) is 9.52. The van der Waals surface area contributed by atoms with Crippen LogP contribution < -0.4 is 9.47 Å². The summed E-state index contributed by atoms with van der Waals surface area (Å²) in [6.07, 6.45) is 1.59. The van der Waals surface area contributed by atoms with E-state index in [4.69, 9.17) is 9.47 Å². The molecule has 0 atom stereocenters. The molecule has 0 aliphatic rings. The van der Waals surface area contributed by atoms with E-state index >= 15 is 0 Å². The Kier molecular flexibility index (Phi) is 4.51. The number of pyridine rings is 1. The van der Waals surface area contributed by atoms with Gasteiger partial charge in [0.2, 0.25) is 5.78 Å². The molecule has 0 fully saturated rings. The molecule has 0 saturated carbocycles. The van der Waals surface area contributed by atoms with Crippen molar-refractivity contribution in [3.05, 3.63) is 72.1 Å². The summed E-state index contributed by atoms with van der Waals surface area (Å²) in [5, 5.41) is 17.2. The maximum atomic E-state index is 13.6. The molecule has 0 aliphatic carbocycles. The second-order valence-electron chi connectivity index (χ2n) is 6.88. The van der Waals surface area contributed by atoms with E-state index in [0.29, 0.717) is 39.5 Å². The van der Waals surface area contributed by atoms with E-state index in [0.717, 1.165) is 16.2 Å². The number of fused-ring (bicyclic) bond motifs is 2. The fourth-order valence-corrected chi connectivity index (χ4v) is 3.76. The molecule has 31 heavy (non-hydrogen) atoms. The van der Waals surface area contributed by atoms with Gasteiger partial charge < -0.3 is 9.47 Å². The minimum absolute atomic E-state index is 0.184. The fraction of sp³-hybridized carbons (Fsp3) is 0.0870. The van der Waals surface area contributed by atoms with Gasteiger partial charge in [-0.1, -0.05) is 42.5 Å². The zero-order valence-corrected chi connectivity index (χ0v) is 16.8. The number of tetrazole rings is 1. The van der Waals surface area contributed by atoms with Crippen LogP contribution in [0.1, 0.15) is 16.1 Å². The van der Waals surface area contributed by atoms with Crippen LogP contribution in [-0.4, -0.2) is 45.6 Å². The van der Waals surface area contributed by atoms with Gasteiger partial charge in [-0.05, 0) is 33.3 Å². The van der Waals surface area contributed by atoms with E-state index in [1.807, 2.05) is 42.5 Å². The molecule has 5 aromatic rings. The van der Waals surface area contributed by atoms with E-state index in [1.165, 1.54) is 0 Å². The first-order valence-electron chi connectivity index (χ1n) is 9.52. The molecule has 0 radical (unpaired) electrons. The molecule has 1 N–H and O–H groups in total. The third-order valence-corrected chi connectivity index (χ3v) is 5.24. The average molecular weight is 411 g/mol. The van der Waals surface area contributed by atoms with Crippen molar-refractivity contribution in [1.29, 1.82) is 0 Å². The zero-order chi connectivity index (χ0) is 21.4. The molecule has 152 valence electrons. The lowest BCUT2D eigenvalue weighted by atomic mass is 9.95. The van der Waals surface area contributed by atoms with Gasteiger partial charge in [-0.15, -0.1) is 5.10 Å². The summed E-state index contributed by atoms with van der Waals surface area (Å²) >= 11 is 0. The van der Waals surface area contributed by atoms with Crippen molar-refractivity contribution in [2.75, 3.05) is 14.2 Å². The molecular formula is C23H17N5O3. The van der Waals surface area contributed by atoms with Crippen LogP contribution in [0.4, 0.5) is 0 Å². The summed E-state index contributed by atoms with van der Waals surface area (Å²) < 4.78 is 10.9.